The molecule has 0 heterocycles. The quantitative estimate of drug-likeness (QED) is 0.336. The van der Waals surface area contributed by atoms with Gasteiger partial charge >= 0.3 is 0 Å². The maximum absolute atomic E-state index is 12.8. The minimum atomic E-state index is -0.0163. The predicted molar refractivity (Wildman–Crippen MR) is 121 cm³/mol. The Hall–Kier alpha value is -3.15. The zero-order valence-corrected chi connectivity index (χ0v) is 17.5. The molecule has 0 fully saturated rings. The molecule has 148 valence electrons. The van der Waals surface area contributed by atoms with E-state index in [1.165, 1.54) is 0 Å². The first kappa shape index (κ1) is 20.1. The molecule has 0 radical (unpaired) electrons. The number of benzene rings is 4. The van der Waals surface area contributed by atoms with Gasteiger partial charge in [-0.05, 0) is 97.1 Å². The van der Waals surface area contributed by atoms with Crippen LogP contribution in [0.3, 0.4) is 0 Å². The summed E-state index contributed by atoms with van der Waals surface area (Å²) in [6.45, 7) is 0. The Morgan fingerprint density at radius 3 is 1.03 bits per heavy atom. The molecule has 30 heavy (non-hydrogen) atoms. The van der Waals surface area contributed by atoms with E-state index in [1.807, 2.05) is 72.8 Å². The van der Waals surface area contributed by atoms with Gasteiger partial charge in [0.1, 0.15) is 11.5 Å². The molecular weight excluding hydrogens is 412 g/mol. The SMILES string of the molecule is O=C(c1ccc(Sc2ccc(O)cc2)cc1)c1ccc(Sc2ccc(O)cc2)cc1. The Morgan fingerprint density at radius 1 is 0.467 bits per heavy atom. The minimum absolute atomic E-state index is 0.0163. The molecular formula is C25H18O3S2. The number of ketones is 1. The Balaban J connectivity index is 1.42. The van der Waals surface area contributed by atoms with Crippen LogP contribution in [0.1, 0.15) is 15.9 Å². The number of hydrogen-bond acceptors (Lipinski definition) is 5. The standard InChI is InChI=1S/C25H18O3S2/c26-19-5-13-23(14-6-19)29-21-9-1-17(2-10-21)25(28)18-3-11-22(12-4-18)30-24-15-7-20(27)8-16-24/h1-16,26-27H. The van der Waals surface area contributed by atoms with Crippen LogP contribution in [0.15, 0.2) is 117 Å². The normalized spacial score (nSPS) is 10.7. The molecule has 0 unspecified atom stereocenters. The van der Waals surface area contributed by atoms with Crippen LogP contribution in [-0.4, -0.2) is 16.0 Å². The number of aromatic hydroxyl groups is 2. The first-order valence-electron chi connectivity index (χ1n) is 9.25. The van der Waals surface area contributed by atoms with Gasteiger partial charge in [-0.2, -0.15) is 0 Å². The van der Waals surface area contributed by atoms with Crippen LogP contribution < -0.4 is 0 Å². The van der Waals surface area contributed by atoms with Crippen molar-refractivity contribution in [1.29, 1.82) is 0 Å². The van der Waals surface area contributed by atoms with Crippen molar-refractivity contribution in [3.05, 3.63) is 108 Å². The Kier molecular flexibility index (Phi) is 6.12. The van der Waals surface area contributed by atoms with Gasteiger partial charge in [0.05, 0.1) is 0 Å². The van der Waals surface area contributed by atoms with Gasteiger partial charge in [0, 0.05) is 30.7 Å². The van der Waals surface area contributed by atoms with Crippen LogP contribution in [0, 0.1) is 0 Å². The van der Waals surface area contributed by atoms with E-state index in [9.17, 15) is 15.0 Å². The van der Waals surface area contributed by atoms with Crippen molar-refractivity contribution < 1.29 is 15.0 Å². The fourth-order valence-corrected chi connectivity index (χ4v) is 4.45. The van der Waals surface area contributed by atoms with Crippen LogP contribution in [0.2, 0.25) is 0 Å². The molecule has 3 nitrogen and oxygen atoms in total. The highest BCUT2D eigenvalue weighted by Crippen LogP contribution is 2.31. The van der Waals surface area contributed by atoms with Gasteiger partial charge in [0.2, 0.25) is 0 Å². The number of rotatable bonds is 6. The zero-order chi connectivity index (χ0) is 20.9. The molecule has 0 atom stereocenters. The lowest BCUT2D eigenvalue weighted by Crippen LogP contribution is -2.00. The first-order valence-corrected chi connectivity index (χ1v) is 10.9. The molecule has 0 aromatic heterocycles. The number of carbonyl (C=O) groups excluding carboxylic acids is 1. The highest BCUT2D eigenvalue weighted by atomic mass is 32.2. The molecule has 0 aliphatic carbocycles. The summed E-state index contributed by atoms with van der Waals surface area (Å²) < 4.78 is 0. The van der Waals surface area contributed by atoms with Crippen LogP contribution in [-0.2, 0) is 0 Å². The molecule has 0 aliphatic rings. The second-order valence-electron chi connectivity index (χ2n) is 6.57. The van der Waals surface area contributed by atoms with E-state index in [0.29, 0.717) is 11.1 Å². The van der Waals surface area contributed by atoms with E-state index in [-0.39, 0.29) is 17.3 Å². The number of phenolic OH excluding ortho intramolecular Hbond substituents is 2. The fraction of sp³-hybridized carbons (Fsp3) is 0. The van der Waals surface area contributed by atoms with Crippen molar-refractivity contribution in [1.82, 2.24) is 0 Å². The molecule has 0 saturated heterocycles. The van der Waals surface area contributed by atoms with Crippen molar-refractivity contribution in [3.63, 3.8) is 0 Å². The van der Waals surface area contributed by atoms with Gasteiger partial charge in [-0.15, -0.1) is 0 Å². The second-order valence-corrected chi connectivity index (χ2v) is 8.86. The molecule has 0 spiro atoms. The number of phenols is 2. The summed E-state index contributed by atoms with van der Waals surface area (Å²) in [6, 6.07) is 29.1. The smallest absolute Gasteiger partial charge is 0.193 e. The molecule has 0 amide bonds. The average molecular weight is 431 g/mol. The van der Waals surface area contributed by atoms with Gasteiger partial charge in [-0.25, -0.2) is 0 Å². The lowest BCUT2D eigenvalue weighted by atomic mass is 10.0. The zero-order valence-electron chi connectivity index (χ0n) is 15.9. The van der Waals surface area contributed by atoms with Gasteiger partial charge in [-0.3, -0.25) is 4.79 Å². The lowest BCUT2D eigenvalue weighted by Gasteiger charge is -2.06. The number of carbonyl (C=O) groups is 1. The molecule has 0 saturated carbocycles. The van der Waals surface area contributed by atoms with Gasteiger partial charge in [-0.1, -0.05) is 23.5 Å². The van der Waals surface area contributed by atoms with E-state index in [1.54, 1.807) is 47.8 Å². The van der Waals surface area contributed by atoms with E-state index >= 15 is 0 Å². The maximum atomic E-state index is 12.8. The summed E-state index contributed by atoms with van der Waals surface area (Å²) in [7, 11) is 0. The third-order valence-electron chi connectivity index (χ3n) is 4.38. The Labute approximate surface area is 183 Å². The van der Waals surface area contributed by atoms with Crippen molar-refractivity contribution >= 4 is 29.3 Å². The van der Waals surface area contributed by atoms with Crippen molar-refractivity contribution in [2.75, 3.05) is 0 Å². The monoisotopic (exact) mass is 430 g/mol. The van der Waals surface area contributed by atoms with Crippen LogP contribution >= 0.6 is 23.5 Å². The Morgan fingerprint density at radius 2 is 0.733 bits per heavy atom. The van der Waals surface area contributed by atoms with Crippen molar-refractivity contribution in [2.24, 2.45) is 0 Å². The van der Waals surface area contributed by atoms with E-state index in [2.05, 4.69) is 0 Å². The highest BCUT2D eigenvalue weighted by Gasteiger charge is 2.10. The van der Waals surface area contributed by atoms with Crippen LogP contribution in [0.25, 0.3) is 0 Å². The summed E-state index contributed by atoms with van der Waals surface area (Å²) in [5, 5.41) is 18.7. The van der Waals surface area contributed by atoms with Crippen molar-refractivity contribution in [2.45, 2.75) is 19.6 Å². The van der Waals surface area contributed by atoms with Crippen LogP contribution in [0.5, 0.6) is 11.5 Å². The van der Waals surface area contributed by atoms with Gasteiger partial charge < -0.3 is 10.2 Å². The fourth-order valence-electron chi connectivity index (χ4n) is 2.82. The molecule has 5 heteroatoms. The summed E-state index contributed by atoms with van der Waals surface area (Å²) in [5.74, 6) is 0.470. The minimum Gasteiger partial charge on any atom is -0.508 e. The summed E-state index contributed by atoms with van der Waals surface area (Å²) in [6.07, 6.45) is 0. The molecule has 0 aliphatic heterocycles. The lowest BCUT2D eigenvalue weighted by molar-refractivity contribution is 0.103. The second kappa shape index (κ2) is 9.11. The highest BCUT2D eigenvalue weighted by molar-refractivity contribution is 7.99. The van der Waals surface area contributed by atoms with E-state index < -0.39 is 0 Å². The third kappa shape index (κ3) is 5.06. The molecule has 0 bridgehead atoms. The van der Waals surface area contributed by atoms with Crippen molar-refractivity contribution in [3.8, 4) is 11.5 Å². The molecule has 4 aromatic rings. The topological polar surface area (TPSA) is 57.5 Å². The largest absolute Gasteiger partial charge is 0.508 e. The summed E-state index contributed by atoms with van der Waals surface area (Å²) >= 11 is 3.15. The average Bonchev–Trinajstić information content (AvgIpc) is 2.77. The van der Waals surface area contributed by atoms with Crippen LogP contribution in [0.4, 0.5) is 0 Å². The van der Waals surface area contributed by atoms with Gasteiger partial charge in [0.15, 0.2) is 5.78 Å². The summed E-state index contributed by atoms with van der Waals surface area (Å²) in [4.78, 5) is 16.9. The number of hydrogen-bond donors (Lipinski definition) is 2. The molecule has 4 aromatic carbocycles. The predicted octanol–water partition coefficient (Wildman–Crippen LogP) is 6.63. The summed E-state index contributed by atoms with van der Waals surface area (Å²) in [5.41, 5.74) is 1.29. The third-order valence-corrected chi connectivity index (χ3v) is 6.41. The molecule has 4 rings (SSSR count). The first-order chi connectivity index (χ1) is 14.6. The maximum Gasteiger partial charge on any atom is 0.193 e. The van der Waals surface area contributed by atoms with Gasteiger partial charge in [0.25, 0.3) is 0 Å². The Bertz CT molecular complexity index is 1040. The van der Waals surface area contributed by atoms with E-state index in [4.69, 9.17) is 0 Å². The molecule has 2 N–H and O–H groups in total. The van der Waals surface area contributed by atoms with E-state index in [0.717, 1.165) is 19.6 Å².